The van der Waals surface area contributed by atoms with Gasteiger partial charge in [-0.3, -0.25) is 13.8 Å². The van der Waals surface area contributed by atoms with Gasteiger partial charge in [0.2, 0.25) is 0 Å². The Morgan fingerprint density at radius 3 is 1.34 bits per heavy atom. The first-order valence-electron chi connectivity index (χ1n) is 20.0. The molecule has 3 N–H and O–H groups in total. The fraction of sp³-hybridized carbons (Fsp3) is 0.974. The van der Waals surface area contributed by atoms with Gasteiger partial charge in [-0.15, -0.1) is 0 Å². The van der Waals surface area contributed by atoms with E-state index in [0.29, 0.717) is 13.0 Å². The van der Waals surface area contributed by atoms with Gasteiger partial charge in [-0.25, -0.2) is 4.57 Å². The SMILES string of the molecule is CCCCCCCCCCCCCCCCOCC(COP(=O)(O)OCCN)OC(=O)CCCCCCCCCCCCCCCC. The van der Waals surface area contributed by atoms with E-state index in [1.165, 1.54) is 148 Å². The molecular weight excluding hydrogens is 613 g/mol. The van der Waals surface area contributed by atoms with Crippen LogP contribution in [-0.2, 0) is 27.9 Å². The minimum atomic E-state index is -4.26. The number of rotatable bonds is 39. The van der Waals surface area contributed by atoms with E-state index in [9.17, 15) is 14.3 Å². The summed E-state index contributed by atoms with van der Waals surface area (Å²) in [4.78, 5) is 22.4. The Labute approximate surface area is 291 Å². The van der Waals surface area contributed by atoms with E-state index in [1.807, 2.05) is 0 Å². The van der Waals surface area contributed by atoms with Crippen LogP contribution >= 0.6 is 7.82 Å². The van der Waals surface area contributed by atoms with E-state index < -0.39 is 13.9 Å². The first-order chi connectivity index (χ1) is 22.9. The van der Waals surface area contributed by atoms with Crippen molar-refractivity contribution in [2.24, 2.45) is 5.73 Å². The summed E-state index contributed by atoms with van der Waals surface area (Å²) >= 11 is 0. The summed E-state index contributed by atoms with van der Waals surface area (Å²) in [5.41, 5.74) is 5.36. The van der Waals surface area contributed by atoms with Crippen LogP contribution in [0.15, 0.2) is 0 Å². The molecule has 0 fully saturated rings. The van der Waals surface area contributed by atoms with E-state index in [1.54, 1.807) is 0 Å². The fourth-order valence-corrected chi connectivity index (χ4v) is 6.59. The lowest BCUT2D eigenvalue weighted by Gasteiger charge is -2.20. The predicted octanol–water partition coefficient (Wildman–Crippen LogP) is 11.4. The largest absolute Gasteiger partial charge is 0.472 e. The Bertz CT molecular complexity index is 697. The molecule has 0 aliphatic heterocycles. The second kappa shape index (κ2) is 36.8. The Balaban J connectivity index is 4.02. The number of nitrogens with two attached hydrogens (primary N) is 1. The molecule has 0 aromatic rings. The second-order valence-corrected chi connectivity index (χ2v) is 15.0. The summed E-state index contributed by atoms with van der Waals surface area (Å²) in [5.74, 6) is -0.326. The third-order valence-electron chi connectivity index (χ3n) is 8.77. The van der Waals surface area contributed by atoms with Crippen molar-refractivity contribution in [2.45, 2.75) is 206 Å². The zero-order valence-corrected chi connectivity index (χ0v) is 31.9. The number of carbonyl (C=O) groups is 1. The highest BCUT2D eigenvalue weighted by Gasteiger charge is 2.25. The van der Waals surface area contributed by atoms with Gasteiger partial charge in [0.05, 0.1) is 19.8 Å². The maximum absolute atomic E-state index is 12.5. The summed E-state index contributed by atoms with van der Waals surface area (Å²) in [7, 11) is -4.26. The van der Waals surface area contributed by atoms with Crippen LogP contribution in [0.2, 0.25) is 0 Å². The molecule has 9 heteroatoms. The molecule has 0 aliphatic carbocycles. The molecule has 2 atom stereocenters. The third-order valence-corrected chi connectivity index (χ3v) is 9.76. The standard InChI is InChI=1S/C38H78NO7P/c1-3-5-7-9-11-13-15-17-19-21-23-25-27-29-31-38(40)46-37(36-45-47(41,42)44-34-32-39)35-43-33-30-28-26-24-22-20-18-16-14-12-10-8-6-4-2/h37H,3-36,39H2,1-2H3,(H,41,42). The zero-order valence-electron chi connectivity index (χ0n) is 31.0. The van der Waals surface area contributed by atoms with Crippen molar-refractivity contribution in [3.05, 3.63) is 0 Å². The Morgan fingerprint density at radius 2 is 0.936 bits per heavy atom. The van der Waals surface area contributed by atoms with Crippen LogP contribution in [0.4, 0.5) is 0 Å². The smallest absolute Gasteiger partial charge is 0.457 e. The van der Waals surface area contributed by atoms with Crippen molar-refractivity contribution in [2.75, 3.05) is 33.0 Å². The quantitative estimate of drug-likeness (QED) is 0.0371. The van der Waals surface area contributed by atoms with E-state index in [4.69, 9.17) is 24.3 Å². The average Bonchev–Trinajstić information content (AvgIpc) is 3.06. The first kappa shape index (κ1) is 46.5. The molecule has 0 spiro atoms. The number of phosphoric ester groups is 1. The van der Waals surface area contributed by atoms with E-state index in [-0.39, 0.29) is 32.3 Å². The fourth-order valence-electron chi connectivity index (χ4n) is 5.82. The molecule has 2 unspecified atom stereocenters. The molecule has 8 nitrogen and oxygen atoms in total. The molecule has 282 valence electrons. The second-order valence-electron chi connectivity index (χ2n) is 13.5. The highest BCUT2D eigenvalue weighted by Crippen LogP contribution is 2.43. The highest BCUT2D eigenvalue weighted by atomic mass is 31.2. The van der Waals surface area contributed by atoms with Gasteiger partial charge in [0, 0.05) is 19.6 Å². The van der Waals surface area contributed by atoms with Gasteiger partial charge in [0.1, 0.15) is 6.10 Å². The van der Waals surface area contributed by atoms with Crippen molar-refractivity contribution in [3.8, 4) is 0 Å². The maximum Gasteiger partial charge on any atom is 0.472 e. The number of ether oxygens (including phenoxy) is 2. The lowest BCUT2D eigenvalue weighted by Crippen LogP contribution is -2.28. The van der Waals surface area contributed by atoms with Crippen molar-refractivity contribution in [3.63, 3.8) is 0 Å². The predicted molar refractivity (Wildman–Crippen MR) is 197 cm³/mol. The molecular formula is C38H78NO7P. The number of esters is 1. The first-order valence-corrected chi connectivity index (χ1v) is 21.5. The van der Waals surface area contributed by atoms with Crippen molar-refractivity contribution in [1.29, 1.82) is 0 Å². The third kappa shape index (κ3) is 36.6. The van der Waals surface area contributed by atoms with E-state index >= 15 is 0 Å². The van der Waals surface area contributed by atoms with Crippen LogP contribution in [0.5, 0.6) is 0 Å². The van der Waals surface area contributed by atoms with Gasteiger partial charge < -0.3 is 20.1 Å². The number of hydrogen-bond acceptors (Lipinski definition) is 7. The Hall–Kier alpha value is -0.500. The summed E-state index contributed by atoms with van der Waals surface area (Å²) in [6.07, 6.45) is 35.3. The molecule has 0 saturated heterocycles. The Kier molecular flexibility index (Phi) is 36.4. The van der Waals surface area contributed by atoms with Crippen molar-refractivity contribution < 1.29 is 32.8 Å². The summed E-state index contributed by atoms with van der Waals surface area (Å²) in [6, 6.07) is 0. The summed E-state index contributed by atoms with van der Waals surface area (Å²) in [5, 5.41) is 0. The van der Waals surface area contributed by atoms with Crippen LogP contribution in [-0.4, -0.2) is 49.9 Å². The minimum absolute atomic E-state index is 0.0903. The zero-order chi connectivity index (χ0) is 34.5. The van der Waals surface area contributed by atoms with Crippen molar-refractivity contribution >= 4 is 13.8 Å². The van der Waals surface area contributed by atoms with Gasteiger partial charge in [-0.05, 0) is 12.8 Å². The molecule has 0 aromatic carbocycles. The van der Waals surface area contributed by atoms with Crippen LogP contribution in [0.1, 0.15) is 200 Å². The van der Waals surface area contributed by atoms with Gasteiger partial charge >= 0.3 is 13.8 Å². The molecule has 0 aromatic heterocycles. The molecule has 47 heavy (non-hydrogen) atoms. The number of unbranched alkanes of at least 4 members (excludes halogenated alkanes) is 26. The van der Waals surface area contributed by atoms with Crippen LogP contribution < -0.4 is 5.73 Å². The minimum Gasteiger partial charge on any atom is -0.457 e. The lowest BCUT2D eigenvalue weighted by molar-refractivity contribution is -0.154. The van der Waals surface area contributed by atoms with Gasteiger partial charge in [-0.1, -0.05) is 181 Å². The monoisotopic (exact) mass is 692 g/mol. The molecule has 0 bridgehead atoms. The maximum atomic E-state index is 12.5. The summed E-state index contributed by atoms with van der Waals surface area (Å²) < 4.78 is 33.3. The van der Waals surface area contributed by atoms with Crippen LogP contribution in [0, 0.1) is 0 Å². The van der Waals surface area contributed by atoms with E-state index in [2.05, 4.69) is 13.8 Å². The van der Waals surface area contributed by atoms with Crippen LogP contribution in [0.25, 0.3) is 0 Å². The van der Waals surface area contributed by atoms with Gasteiger partial charge in [0.25, 0.3) is 0 Å². The molecule has 0 saturated carbocycles. The number of phosphoric acid groups is 1. The molecule has 0 aliphatic rings. The van der Waals surface area contributed by atoms with Gasteiger partial charge in [-0.2, -0.15) is 0 Å². The lowest BCUT2D eigenvalue weighted by atomic mass is 10.0. The van der Waals surface area contributed by atoms with Crippen molar-refractivity contribution in [1.82, 2.24) is 0 Å². The topological polar surface area (TPSA) is 117 Å². The van der Waals surface area contributed by atoms with E-state index in [0.717, 1.165) is 32.1 Å². The normalized spacial score (nSPS) is 13.5. The molecule has 0 rings (SSSR count). The highest BCUT2D eigenvalue weighted by molar-refractivity contribution is 7.47. The molecule has 0 amide bonds. The van der Waals surface area contributed by atoms with Crippen LogP contribution in [0.3, 0.4) is 0 Å². The Morgan fingerprint density at radius 1 is 0.553 bits per heavy atom. The number of carbonyl (C=O) groups excluding carboxylic acids is 1. The molecule has 0 heterocycles. The number of hydrogen-bond donors (Lipinski definition) is 2. The average molecular weight is 692 g/mol. The summed E-state index contributed by atoms with van der Waals surface area (Å²) in [6.45, 7) is 4.97. The molecule has 0 radical (unpaired) electrons. The van der Waals surface area contributed by atoms with Gasteiger partial charge in [0.15, 0.2) is 0 Å².